The van der Waals surface area contributed by atoms with Gasteiger partial charge in [0, 0.05) is 41.0 Å². The molecule has 178 valence electrons. The van der Waals surface area contributed by atoms with Gasteiger partial charge in [0.1, 0.15) is 0 Å². The second kappa shape index (κ2) is 12.2. The summed E-state index contributed by atoms with van der Waals surface area (Å²) in [6.45, 7) is 12.2. The number of hydrogen-bond donors (Lipinski definition) is 1. The molecule has 1 unspecified atom stereocenters. The van der Waals surface area contributed by atoms with Crippen molar-refractivity contribution in [2.45, 2.75) is 97.0 Å². The summed E-state index contributed by atoms with van der Waals surface area (Å²) in [5.41, 5.74) is 1.49. The average Bonchev–Trinajstić information content (AvgIpc) is 3.23. The first kappa shape index (κ1) is 26.9. The Morgan fingerprint density at radius 1 is 1.16 bits per heavy atom. The van der Waals surface area contributed by atoms with Crippen LogP contribution in [0.1, 0.15) is 96.0 Å². The van der Waals surface area contributed by atoms with Gasteiger partial charge in [-0.25, -0.2) is 0 Å². The lowest BCUT2D eigenvalue weighted by Crippen LogP contribution is -2.29. The van der Waals surface area contributed by atoms with Gasteiger partial charge >= 0.3 is 0 Å². The monoisotopic (exact) mass is 477 g/mol. The summed E-state index contributed by atoms with van der Waals surface area (Å²) in [5, 5.41) is 11.7. The molecule has 1 saturated heterocycles. The Morgan fingerprint density at radius 3 is 2.31 bits per heavy atom. The molecule has 1 fully saturated rings. The number of rotatable bonds is 9. The van der Waals surface area contributed by atoms with E-state index in [1.54, 1.807) is 0 Å². The molecule has 3 rings (SSSR count). The van der Waals surface area contributed by atoms with Gasteiger partial charge in [-0.1, -0.05) is 73.0 Å². The lowest BCUT2D eigenvalue weighted by molar-refractivity contribution is -0.121. The number of unbranched alkanes of at least 4 members (excludes halogenated alkanes) is 1. The number of nitrogens with one attached hydrogen (secondary N) is 1. The lowest BCUT2D eigenvalue weighted by atomic mass is 9.87. The number of amides is 1. The van der Waals surface area contributed by atoms with Crippen molar-refractivity contribution in [2.75, 3.05) is 5.75 Å². The topological polar surface area (TPSA) is 70.9 Å². The Bertz CT molecular complexity index is 773. The van der Waals surface area contributed by atoms with Gasteiger partial charge in [-0.2, -0.15) is 10.2 Å². The van der Waals surface area contributed by atoms with Gasteiger partial charge in [-0.15, -0.1) is 0 Å². The van der Waals surface area contributed by atoms with Crippen molar-refractivity contribution < 1.29 is 9.59 Å². The smallest absolute Gasteiger partial charge is 0.220 e. The summed E-state index contributed by atoms with van der Waals surface area (Å²) < 4.78 is 0. The minimum atomic E-state index is -0.356. The van der Waals surface area contributed by atoms with Crippen LogP contribution in [-0.4, -0.2) is 28.7 Å². The SMILES string of the molecule is CC(C)(C)CC(=O)c1ccc(C2(C)N=N2)cc1.CC(C)NC(=O)CCCCC1CCSS1. The Hall–Kier alpha value is -1.34. The molecule has 0 bridgehead atoms. The average molecular weight is 478 g/mol. The minimum absolute atomic E-state index is 0.0306. The highest BCUT2D eigenvalue weighted by atomic mass is 33.1. The van der Waals surface area contributed by atoms with Crippen molar-refractivity contribution in [3.63, 3.8) is 0 Å². The maximum Gasteiger partial charge on any atom is 0.220 e. The molecule has 2 heterocycles. The van der Waals surface area contributed by atoms with E-state index in [4.69, 9.17) is 0 Å². The fourth-order valence-corrected chi connectivity index (χ4v) is 6.39. The predicted molar refractivity (Wildman–Crippen MR) is 137 cm³/mol. The Morgan fingerprint density at radius 2 is 1.81 bits per heavy atom. The Labute approximate surface area is 201 Å². The van der Waals surface area contributed by atoms with Gasteiger partial charge in [0.15, 0.2) is 5.78 Å². The van der Waals surface area contributed by atoms with Crippen LogP contribution in [0.2, 0.25) is 0 Å². The van der Waals surface area contributed by atoms with Crippen LogP contribution in [0.3, 0.4) is 0 Å². The van der Waals surface area contributed by atoms with Gasteiger partial charge < -0.3 is 5.32 Å². The molecule has 1 N–H and O–H groups in total. The summed E-state index contributed by atoms with van der Waals surface area (Å²) in [6, 6.07) is 7.90. The van der Waals surface area contributed by atoms with Gasteiger partial charge in [0.05, 0.1) is 0 Å². The quantitative estimate of drug-likeness (QED) is 0.232. The first-order valence-corrected chi connectivity index (χ1v) is 14.0. The molecule has 2 aliphatic rings. The largest absolute Gasteiger partial charge is 0.354 e. The molecular formula is C25H39N3O2S2. The van der Waals surface area contributed by atoms with Crippen LogP contribution in [-0.2, 0) is 10.5 Å². The highest BCUT2D eigenvalue weighted by molar-refractivity contribution is 8.77. The third-order valence-electron chi connectivity index (χ3n) is 5.20. The standard InChI is InChI=1S/C14H18N2O.C11H21NOS2/c1-13(2,3)9-12(17)10-5-7-11(8-6-10)14(4)15-16-14;1-9(2)12-11(13)6-4-3-5-10-7-8-14-15-10/h5-8H,9H2,1-4H3;9-10H,3-8H2,1-2H3,(H,12,13). The number of ketones is 1. The third kappa shape index (κ3) is 10.1. The summed E-state index contributed by atoms with van der Waals surface area (Å²) in [5.74, 6) is 1.71. The Balaban J connectivity index is 0.000000229. The predicted octanol–water partition coefficient (Wildman–Crippen LogP) is 7.17. The molecule has 1 aromatic rings. The van der Waals surface area contributed by atoms with Crippen molar-refractivity contribution >= 4 is 33.3 Å². The summed E-state index contributed by atoms with van der Waals surface area (Å²) in [4.78, 5) is 23.3. The molecule has 1 aromatic carbocycles. The maximum atomic E-state index is 12.0. The summed E-state index contributed by atoms with van der Waals surface area (Å²) in [6.07, 6.45) is 6.14. The second-order valence-electron chi connectivity index (χ2n) is 10.3. The van der Waals surface area contributed by atoms with E-state index in [2.05, 4.69) is 36.3 Å². The van der Waals surface area contributed by atoms with Crippen molar-refractivity contribution in [2.24, 2.45) is 15.6 Å². The zero-order valence-electron chi connectivity index (χ0n) is 20.4. The second-order valence-corrected chi connectivity index (χ2v) is 13.0. The summed E-state index contributed by atoms with van der Waals surface area (Å²) in [7, 11) is 4.02. The zero-order chi connectivity index (χ0) is 23.8. The molecule has 32 heavy (non-hydrogen) atoms. The van der Waals surface area contributed by atoms with Crippen molar-refractivity contribution in [3.05, 3.63) is 35.4 Å². The van der Waals surface area contributed by atoms with Crippen LogP contribution in [0.25, 0.3) is 0 Å². The highest BCUT2D eigenvalue weighted by Crippen LogP contribution is 2.40. The van der Waals surface area contributed by atoms with E-state index in [0.29, 0.717) is 12.8 Å². The van der Waals surface area contributed by atoms with Gasteiger partial charge in [-0.05, 0) is 45.4 Å². The molecule has 5 nitrogen and oxygen atoms in total. The maximum absolute atomic E-state index is 12.0. The highest BCUT2D eigenvalue weighted by Gasteiger charge is 2.35. The molecule has 1 amide bonds. The fourth-order valence-electron chi connectivity index (χ4n) is 3.36. The number of carbonyl (C=O) groups is 2. The van der Waals surface area contributed by atoms with Crippen LogP contribution in [0.5, 0.6) is 0 Å². The molecule has 0 saturated carbocycles. The van der Waals surface area contributed by atoms with Crippen LogP contribution in [0, 0.1) is 5.41 Å². The van der Waals surface area contributed by atoms with Gasteiger partial charge in [-0.3, -0.25) is 9.59 Å². The number of Topliss-reactive ketones (excluding diaryl/α,β-unsaturated/α-hetero) is 1. The Kier molecular flexibility index (Phi) is 10.3. The normalized spacial score (nSPS) is 18.8. The molecule has 7 heteroatoms. The van der Waals surface area contributed by atoms with Crippen molar-refractivity contribution in [1.82, 2.24) is 5.32 Å². The molecule has 0 spiro atoms. The number of benzene rings is 1. The summed E-state index contributed by atoms with van der Waals surface area (Å²) >= 11 is 0. The van der Waals surface area contributed by atoms with E-state index in [9.17, 15) is 9.59 Å². The van der Waals surface area contributed by atoms with Crippen LogP contribution < -0.4 is 5.32 Å². The minimum Gasteiger partial charge on any atom is -0.354 e. The van der Waals surface area contributed by atoms with Crippen LogP contribution in [0.4, 0.5) is 0 Å². The first-order chi connectivity index (χ1) is 15.0. The number of hydrogen-bond acceptors (Lipinski definition) is 6. The molecule has 0 aliphatic carbocycles. The van der Waals surface area contributed by atoms with E-state index < -0.39 is 0 Å². The van der Waals surface area contributed by atoms with Crippen molar-refractivity contribution in [3.8, 4) is 0 Å². The van der Waals surface area contributed by atoms with Gasteiger partial charge in [0.25, 0.3) is 0 Å². The molecular weight excluding hydrogens is 438 g/mol. The molecule has 1 atom stereocenters. The number of carbonyl (C=O) groups excluding carboxylic acids is 2. The van der Waals surface area contributed by atoms with Gasteiger partial charge in [0.2, 0.25) is 11.6 Å². The molecule has 2 aliphatic heterocycles. The lowest BCUT2D eigenvalue weighted by Gasteiger charge is -2.16. The molecule has 0 aromatic heterocycles. The third-order valence-corrected chi connectivity index (χ3v) is 8.21. The van der Waals surface area contributed by atoms with E-state index >= 15 is 0 Å². The van der Waals surface area contributed by atoms with E-state index in [1.165, 1.54) is 25.0 Å². The van der Waals surface area contributed by atoms with Crippen molar-refractivity contribution in [1.29, 1.82) is 0 Å². The van der Waals surface area contributed by atoms with E-state index in [0.717, 1.165) is 22.8 Å². The first-order valence-electron chi connectivity index (χ1n) is 11.6. The van der Waals surface area contributed by atoms with Crippen LogP contribution >= 0.6 is 21.6 Å². The molecule has 0 radical (unpaired) electrons. The van der Waals surface area contributed by atoms with Crippen LogP contribution in [0.15, 0.2) is 34.5 Å². The number of nitrogens with zero attached hydrogens (tertiary/aromatic N) is 2. The fraction of sp³-hybridized carbons (Fsp3) is 0.680. The van der Waals surface area contributed by atoms with E-state index in [-0.39, 0.29) is 28.8 Å². The zero-order valence-corrected chi connectivity index (χ0v) is 22.1. The van der Waals surface area contributed by atoms with E-state index in [1.807, 2.05) is 66.6 Å².